The fourth-order valence-electron chi connectivity index (χ4n) is 4.22. The first kappa shape index (κ1) is 31.5. The van der Waals surface area contributed by atoms with E-state index in [1.165, 1.54) is 72.7 Å². The first-order valence-corrected chi connectivity index (χ1v) is 14.8. The molecule has 0 aliphatic carbocycles. The minimum absolute atomic E-state index is 0.0569. The monoisotopic (exact) mass is 587 g/mol. The molecule has 1 atom stereocenters. The van der Waals surface area contributed by atoms with Crippen LogP contribution in [0.4, 0.5) is 14.5 Å². The maximum atomic E-state index is 14.0. The summed E-state index contributed by atoms with van der Waals surface area (Å²) in [4.78, 5) is 28.3. The molecule has 3 aromatic carbocycles. The second-order valence-electron chi connectivity index (χ2n) is 9.38. The van der Waals surface area contributed by atoms with Crippen molar-refractivity contribution in [3.05, 3.63) is 90.0 Å². The molecule has 0 aliphatic heterocycles. The highest BCUT2D eigenvalue weighted by molar-refractivity contribution is 7.92. The van der Waals surface area contributed by atoms with Gasteiger partial charge in [-0.15, -0.1) is 0 Å². The number of anilines is 1. The third kappa shape index (κ3) is 8.26. The minimum atomic E-state index is -4.31. The normalized spacial score (nSPS) is 11.9. The van der Waals surface area contributed by atoms with E-state index >= 15 is 0 Å². The number of ether oxygens (including phenoxy) is 1. The number of hydrogen-bond donors (Lipinski definition) is 1. The van der Waals surface area contributed by atoms with Gasteiger partial charge in [0.2, 0.25) is 11.8 Å². The lowest BCUT2D eigenvalue weighted by Gasteiger charge is -2.33. The number of unbranched alkanes of at least 4 members (excludes halogenated alkanes) is 1. The Morgan fingerprint density at radius 3 is 2.02 bits per heavy atom. The van der Waals surface area contributed by atoms with Crippen LogP contribution in [0, 0.1) is 11.6 Å². The van der Waals surface area contributed by atoms with Crippen LogP contribution >= 0.6 is 0 Å². The number of nitrogens with one attached hydrogen (secondary N) is 1. The summed E-state index contributed by atoms with van der Waals surface area (Å²) < 4.78 is 61.0. The largest absolute Gasteiger partial charge is 0.497 e. The summed E-state index contributed by atoms with van der Waals surface area (Å²) in [6.07, 6.45) is 1.88. The van der Waals surface area contributed by atoms with Crippen LogP contribution < -0.4 is 14.4 Å². The van der Waals surface area contributed by atoms with Crippen molar-refractivity contribution in [3.8, 4) is 5.75 Å². The van der Waals surface area contributed by atoms with E-state index in [2.05, 4.69) is 5.32 Å². The molecule has 0 saturated carbocycles. The number of methoxy groups -OCH3 is 1. The van der Waals surface area contributed by atoms with E-state index in [4.69, 9.17) is 4.74 Å². The van der Waals surface area contributed by atoms with Gasteiger partial charge >= 0.3 is 0 Å². The van der Waals surface area contributed by atoms with Crippen molar-refractivity contribution in [2.24, 2.45) is 0 Å². The number of carbonyl (C=O) groups excluding carboxylic acids is 2. The lowest BCUT2D eigenvalue weighted by molar-refractivity contribution is -0.140. The highest BCUT2D eigenvalue weighted by atomic mass is 32.2. The Labute approximate surface area is 240 Å². The lowest BCUT2D eigenvalue weighted by Crippen LogP contribution is -2.52. The Kier molecular flexibility index (Phi) is 11.2. The van der Waals surface area contributed by atoms with Gasteiger partial charge in [-0.25, -0.2) is 17.2 Å². The average molecular weight is 588 g/mol. The predicted molar refractivity (Wildman–Crippen MR) is 153 cm³/mol. The van der Waals surface area contributed by atoms with E-state index in [1.807, 2.05) is 6.92 Å². The molecule has 0 heterocycles. The van der Waals surface area contributed by atoms with Crippen LogP contribution in [0.25, 0.3) is 0 Å². The molecule has 2 amide bonds. The molecule has 220 valence electrons. The number of benzene rings is 3. The molecule has 0 spiro atoms. The van der Waals surface area contributed by atoms with Gasteiger partial charge in [0.15, 0.2) is 0 Å². The average Bonchev–Trinajstić information content (AvgIpc) is 2.97. The summed E-state index contributed by atoms with van der Waals surface area (Å²) in [7, 11) is -2.86. The van der Waals surface area contributed by atoms with Crippen molar-refractivity contribution in [3.63, 3.8) is 0 Å². The van der Waals surface area contributed by atoms with Gasteiger partial charge in [-0.05, 0) is 79.1 Å². The Morgan fingerprint density at radius 2 is 1.49 bits per heavy atom. The smallest absolute Gasteiger partial charge is 0.264 e. The molecule has 11 heteroatoms. The molecule has 0 aromatic heterocycles. The zero-order chi connectivity index (χ0) is 30.0. The van der Waals surface area contributed by atoms with E-state index in [0.29, 0.717) is 17.9 Å². The number of nitrogens with zero attached hydrogens (tertiary/aromatic N) is 2. The van der Waals surface area contributed by atoms with Gasteiger partial charge in [0.25, 0.3) is 10.0 Å². The fourth-order valence-corrected chi connectivity index (χ4v) is 5.64. The van der Waals surface area contributed by atoms with E-state index in [1.54, 1.807) is 6.92 Å². The zero-order valence-electron chi connectivity index (χ0n) is 23.3. The van der Waals surface area contributed by atoms with Crippen molar-refractivity contribution in [1.82, 2.24) is 10.2 Å². The maximum Gasteiger partial charge on any atom is 0.264 e. The summed E-state index contributed by atoms with van der Waals surface area (Å²) in [5.41, 5.74) is 0.628. The van der Waals surface area contributed by atoms with Crippen molar-refractivity contribution in [2.75, 3.05) is 24.5 Å². The number of halogens is 2. The van der Waals surface area contributed by atoms with Crippen LogP contribution in [0.1, 0.15) is 38.7 Å². The summed E-state index contributed by atoms with van der Waals surface area (Å²) >= 11 is 0. The zero-order valence-corrected chi connectivity index (χ0v) is 24.2. The number of amides is 2. The predicted octanol–water partition coefficient (Wildman–Crippen LogP) is 4.89. The molecule has 0 fully saturated rings. The van der Waals surface area contributed by atoms with Gasteiger partial charge in [0, 0.05) is 13.1 Å². The maximum absolute atomic E-state index is 14.0. The third-order valence-electron chi connectivity index (χ3n) is 6.52. The van der Waals surface area contributed by atoms with Gasteiger partial charge < -0.3 is 15.0 Å². The minimum Gasteiger partial charge on any atom is -0.497 e. The van der Waals surface area contributed by atoms with Crippen LogP contribution in [0.5, 0.6) is 5.75 Å². The Morgan fingerprint density at radius 1 is 0.902 bits per heavy atom. The summed E-state index contributed by atoms with van der Waals surface area (Å²) in [5.74, 6) is -1.62. The van der Waals surface area contributed by atoms with Crippen molar-refractivity contribution < 1.29 is 31.5 Å². The van der Waals surface area contributed by atoms with Crippen molar-refractivity contribution >= 4 is 27.5 Å². The molecule has 0 unspecified atom stereocenters. The fraction of sp³-hybridized carbons (Fsp3) is 0.333. The molecule has 0 aliphatic rings. The second kappa shape index (κ2) is 14.6. The van der Waals surface area contributed by atoms with Crippen molar-refractivity contribution in [1.29, 1.82) is 0 Å². The van der Waals surface area contributed by atoms with E-state index in [-0.39, 0.29) is 29.5 Å². The lowest BCUT2D eigenvalue weighted by atomic mass is 10.1. The Bertz CT molecular complexity index is 1400. The van der Waals surface area contributed by atoms with Crippen LogP contribution in [0.15, 0.2) is 77.7 Å². The van der Waals surface area contributed by atoms with Crippen LogP contribution in [-0.2, 0) is 26.2 Å². The molecule has 0 radical (unpaired) electrons. The highest BCUT2D eigenvalue weighted by Gasteiger charge is 2.33. The van der Waals surface area contributed by atoms with Crippen LogP contribution in [0.2, 0.25) is 0 Å². The van der Waals surface area contributed by atoms with E-state index in [0.717, 1.165) is 29.3 Å². The molecular formula is C30H35F2N3O5S. The van der Waals surface area contributed by atoms with Crippen LogP contribution in [-0.4, -0.2) is 51.4 Å². The van der Waals surface area contributed by atoms with Gasteiger partial charge in [-0.2, -0.15) is 0 Å². The number of carbonyl (C=O) groups is 2. The van der Waals surface area contributed by atoms with Gasteiger partial charge in [-0.1, -0.05) is 32.4 Å². The summed E-state index contributed by atoms with van der Waals surface area (Å²) in [6, 6.07) is 15.0. The Balaban J connectivity index is 2.02. The standard InChI is InChI=1S/C30H35F2N3O5S/c1-4-6-19-33-30(37)28(5-2)34(20-22-7-9-23(31)10-8-22)29(36)21-35(25-13-11-24(32)12-14-25)41(38,39)27-17-15-26(40-3)16-18-27/h7-18,28H,4-6,19-21H2,1-3H3,(H,33,37)/t28-/m1/s1. The summed E-state index contributed by atoms with van der Waals surface area (Å²) in [6.45, 7) is 3.44. The quantitative estimate of drug-likeness (QED) is 0.271. The van der Waals surface area contributed by atoms with E-state index in [9.17, 15) is 26.8 Å². The molecule has 8 nitrogen and oxygen atoms in total. The Hall–Kier alpha value is -3.99. The van der Waals surface area contributed by atoms with Gasteiger partial charge in [0.1, 0.15) is 30.0 Å². The highest BCUT2D eigenvalue weighted by Crippen LogP contribution is 2.26. The first-order valence-electron chi connectivity index (χ1n) is 13.3. The first-order chi connectivity index (χ1) is 19.6. The van der Waals surface area contributed by atoms with Crippen LogP contribution in [0.3, 0.4) is 0 Å². The van der Waals surface area contributed by atoms with Gasteiger partial charge in [-0.3, -0.25) is 13.9 Å². The number of sulfonamides is 1. The van der Waals surface area contributed by atoms with Crippen molar-refractivity contribution in [2.45, 2.75) is 50.6 Å². The second-order valence-corrected chi connectivity index (χ2v) is 11.2. The molecule has 0 bridgehead atoms. The molecule has 0 saturated heterocycles. The number of hydrogen-bond acceptors (Lipinski definition) is 5. The van der Waals surface area contributed by atoms with Gasteiger partial charge in [0.05, 0.1) is 17.7 Å². The van der Waals surface area contributed by atoms with E-state index < -0.39 is 40.2 Å². The summed E-state index contributed by atoms with van der Waals surface area (Å²) in [5, 5.41) is 2.84. The molecule has 3 rings (SSSR count). The molecule has 1 N–H and O–H groups in total. The number of rotatable bonds is 14. The molecule has 41 heavy (non-hydrogen) atoms. The molecule has 3 aromatic rings. The third-order valence-corrected chi connectivity index (χ3v) is 8.31. The molecular weight excluding hydrogens is 552 g/mol. The SMILES string of the molecule is CCCCNC(=O)[C@@H](CC)N(Cc1ccc(F)cc1)C(=O)CN(c1ccc(F)cc1)S(=O)(=O)c1ccc(OC)cc1. The topological polar surface area (TPSA) is 96.0 Å².